The molecule has 0 aromatic heterocycles. The van der Waals surface area contributed by atoms with E-state index in [0.717, 1.165) is 11.4 Å². The Bertz CT molecular complexity index is 355. The molecule has 0 bridgehead atoms. The van der Waals surface area contributed by atoms with Crippen LogP contribution in [0.1, 0.15) is 0 Å². The summed E-state index contributed by atoms with van der Waals surface area (Å²) < 4.78 is 5.11. The van der Waals surface area contributed by atoms with Crippen LogP contribution in [0.4, 0.5) is 5.69 Å². The fourth-order valence-corrected chi connectivity index (χ4v) is 1.30. The Morgan fingerprint density at radius 1 is 1.44 bits per heavy atom. The average Bonchev–Trinajstić information content (AvgIpc) is 2.29. The van der Waals surface area contributed by atoms with Crippen molar-refractivity contribution in [2.75, 3.05) is 32.7 Å². The zero-order valence-electron chi connectivity index (χ0n) is 9.69. The molecule has 1 aromatic carbocycles. The van der Waals surface area contributed by atoms with Gasteiger partial charge in [-0.25, -0.2) is 5.48 Å². The fourth-order valence-electron chi connectivity index (χ4n) is 1.30. The monoisotopic (exact) mass is 224 g/mol. The van der Waals surface area contributed by atoms with Gasteiger partial charge in [0.15, 0.2) is 0 Å². The molecule has 1 rings (SSSR count). The van der Waals surface area contributed by atoms with Crippen molar-refractivity contribution in [1.29, 1.82) is 0 Å². The molecule has 1 aromatic rings. The summed E-state index contributed by atoms with van der Waals surface area (Å²) in [5.74, 6) is 0.560. The molecular formula is C11H16N2O3. The molecule has 0 fully saturated rings. The molecule has 0 aliphatic rings. The molecule has 0 saturated heterocycles. The first-order chi connectivity index (χ1) is 7.67. The van der Waals surface area contributed by atoms with Gasteiger partial charge in [0.05, 0.1) is 20.8 Å². The van der Waals surface area contributed by atoms with E-state index in [2.05, 4.69) is 10.3 Å². The summed E-state index contributed by atoms with van der Waals surface area (Å²) in [7, 11) is 4.84. The standard InChI is InChI=1S/C11H16N2O3/c1-13(8-11(14)12-16-3)9-5-4-6-10(7-9)15-2/h4-7H,8H2,1-3H3,(H,12,14). The van der Waals surface area contributed by atoms with Crippen LogP contribution in [0.15, 0.2) is 24.3 Å². The summed E-state index contributed by atoms with van der Waals surface area (Å²) in [6.07, 6.45) is 0. The number of carbonyl (C=O) groups excluding carboxylic acids is 1. The molecule has 0 aliphatic heterocycles. The Morgan fingerprint density at radius 3 is 2.81 bits per heavy atom. The maximum absolute atomic E-state index is 11.3. The second-order valence-electron chi connectivity index (χ2n) is 3.29. The van der Waals surface area contributed by atoms with Gasteiger partial charge in [-0.15, -0.1) is 0 Å². The lowest BCUT2D eigenvalue weighted by Crippen LogP contribution is -2.34. The number of rotatable bonds is 5. The number of carbonyl (C=O) groups is 1. The minimum absolute atomic E-state index is 0.201. The molecule has 0 aliphatic carbocycles. The number of hydroxylamine groups is 1. The van der Waals surface area contributed by atoms with Crippen molar-refractivity contribution < 1.29 is 14.4 Å². The van der Waals surface area contributed by atoms with Gasteiger partial charge in [-0.2, -0.15) is 0 Å². The minimum Gasteiger partial charge on any atom is -0.497 e. The van der Waals surface area contributed by atoms with Crippen LogP contribution in [0, 0.1) is 0 Å². The number of ether oxygens (including phenoxy) is 1. The van der Waals surface area contributed by atoms with E-state index in [9.17, 15) is 4.79 Å². The molecule has 0 heterocycles. The highest BCUT2D eigenvalue weighted by Gasteiger charge is 2.07. The Morgan fingerprint density at radius 2 is 2.19 bits per heavy atom. The predicted octanol–water partition coefficient (Wildman–Crippen LogP) is 0.809. The smallest absolute Gasteiger partial charge is 0.263 e. The third-order valence-corrected chi connectivity index (χ3v) is 2.09. The Kier molecular flexibility index (Phi) is 4.60. The van der Waals surface area contributed by atoms with Gasteiger partial charge in [-0.1, -0.05) is 6.07 Å². The third kappa shape index (κ3) is 3.43. The van der Waals surface area contributed by atoms with Crippen LogP contribution in [-0.2, 0) is 9.63 Å². The SMILES string of the molecule is CONC(=O)CN(C)c1cccc(OC)c1. The van der Waals surface area contributed by atoms with Crippen molar-refractivity contribution in [1.82, 2.24) is 5.48 Å². The van der Waals surface area contributed by atoms with Gasteiger partial charge in [-0.3, -0.25) is 9.63 Å². The van der Waals surface area contributed by atoms with E-state index in [1.807, 2.05) is 31.3 Å². The molecule has 0 unspecified atom stereocenters. The second-order valence-corrected chi connectivity index (χ2v) is 3.29. The minimum atomic E-state index is -0.201. The van der Waals surface area contributed by atoms with E-state index >= 15 is 0 Å². The third-order valence-electron chi connectivity index (χ3n) is 2.09. The van der Waals surface area contributed by atoms with Gasteiger partial charge < -0.3 is 9.64 Å². The maximum Gasteiger partial charge on any atom is 0.263 e. The molecule has 16 heavy (non-hydrogen) atoms. The van der Waals surface area contributed by atoms with Crippen molar-refractivity contribution in [3.05, 3.63) is 24.3 Å². The summed E-state index contributed by atoms with van der Waals surface area (Å²) in [6.45, 7) is 0.223. The molecule has 5 nitrogen and oxygen atoms in total. The van der Waals surface area contributed by atoms with Crippen molar-refractivity contribution in [3.8, 4) is 5.75 Å². The van der Waals surface area contributed by atoms with Gasteiger partial charge >= 0.3 is 0 Å². The van der Waals surface area contributed by atoms with Crippen molar-refractivity contribution in [3.63, 3.8) is 0 Å². The first kappa shape index (κ1) is 12.3. The zero-order valence-corrected chi connectivity index (χ0v) is 9.69. The summed E-state index contributed by atoms with van der Waals surface area (Å²) in [5, 5.41) is 0. The first-order valence-electron chi connectivity index (χ1n) is 4.84. The van der Waals surface area contributed by atoms with Crippen LogP contribution in [0.2, 0.25) is 0 Å². The topological polar surface area (TPSA) is 50.8 Å². The van der Waals surface area contributed by atoms with Gasteiger partial charge in [-0.05, 0) is 12.1 Å². The van der Waals surface area contributed by atoms with E-state index in [4.69, 9.17) is 4.74 Å². The lowest BCUT2D eigenvalue weighted by Gasteiger charge is -2.18. The van der Waals surface area contributed by atoms with E-state index < -0.39 is 0 Å². The highest BCUT2D eigenvalue weighted by molar-refractivity contribution is 5.80. The lowest BCUT2D eigenvalue weighted by atomic mass is 10.3. The number of nitrogens with zero attached hydrogens (tertiary/aromatic N) is 1. The number of amides is 1. The number of hydrogen-bond acceptors (Lipinski definition) is 4. The largest absolute Gasteiger partial charge is 0.497 e. The number of methoxy groups -OCH3 is 1. The summed E-state index contributed by atoms with van der Waals surface area (Å²) in [4.78, 5) is 17.6. The van der Waals surface area contributed by atoms with Gasteiger partial charge in [0.25, 0.3) is 5.91 Å². The Hall–Kier alpha value is -1.75. The van der Waals surface area contributed by atoms with Gasteiger partial charge in [0, 0.05) is 18.8 Å². The number of anilines is 1. The van der Waals surface area contributed by atoms with Crippen molar-refractivity contribution in [2.24, 2.45) is 0 Å². The molecule has 1 N–H and O–H groups in total. The van der Waals surface area contributed by atoms with Crippen LogP contribution in [-0.4, -0.2) is 33.7 Å². The van der Waals surface area contributed by atoms with Crippen LogP contribution in [0.5, 0.6) is 5.75 Å². The van der Waals surface area contributed by atoms with E-state index in [0.29, 0.717) is 0 Å². The molecule has 0 spiro atoms. The quantitative estimate of drug-likeness (QED) is 0.752. The van der Waals surface area contributed by atoms with E-state index in [1.54, 1.807) is 12.0 Å². The van der Waals surface area contributed by atoms with E-state index in [-0.39, 0.29) is 12.5 Å². The molecule has 1 amide bonds. The Balaban J connectivity index is 2.64. The number of nitrogens with one attached hydrogen (secondary N) is 1. The normalized spacial score (nSPS) is 9.69. The van der Waals surface area contributed by atoms with Crippen molar-refractivity contribution >= 4 is 11.6 Å². The highest BCUT2D eigenvalue weighted by atomic mass is 16.6. The molecular weight excluding hydrogens is 208 g/mol. The summed E-state index contributed by atoms with van der Waals surface area (Å²) in [5.41, 5.74) is 3.17. The average molecular weight is 224 g/mol. The molecule has 0 atom stereocenters. The molecule has 88 valence electrons. The van der Waals surface area contributed by atoms with Crippen LogP contribution < -0.4 is 15.1 Å². The van der Waals surface area contributed by atoms with Crippen molar-refractivity contribution in [2.45, 2.75) is 0 Å². The molecule has 0 saturated carbocycles. The van der Waals surface area contributed by atoms with Crippen LogP contribution >= 0.6 is 0 Å². The van der Waals surface area contributed by atoms with Crippen LogP contribution in [0.3, 0.4) is 0 Å². The number of benzene rings is 1. The fraction of sp³-hybridized carbons (Fsp3) is 0.364. The molecule has 5 heteroatoms. The van der Waals surface area contributed by atoms with Gasteiger partial charge in [0.2, 0.25) is 0 Å². The predicted molar refractivity (Wildman–Crippen MR) is 61.4 cm³/mol. The summed E-state index contributed by atoms with van der Waals surface area (Å²) in [6, 6.07) is 7.49. The van der Waals surface area contributed by atoms with Gasteiger partial charge in [0.1, 0.15) is 5.75 Å². The first-order valence-corrected chi connectivity index (χ1v) is 4.84. The highest BCUT2D eigenvalue weighted by Crippen LogP contribution is 2.19. The lowest BCUT2D eigenvalue weighted by molar-refractivity contribution is -0.129. The molecule has 0 radical (unpaired) electrons. The van der Waals surface area contributed by atoms with E-state index in [1.165, 1.54) is 7.11 Å². The Labute approximate surface area is 94.9 Å². The zero-order chi connectivity index (χ0) is 12.0. The second kappa shape index (κ2) is 5.97. The number of likely N-dealkylation sites (N-methyl/N-ethyl adjacent to an activating group) is 1. The van der Waals surface area contributed by atoms with Crippen LogP contribution in [0.25, 0.3) is 0 Å². The maximum atomic E-state index is 11.3. The summed E-state index contributed by atoms with van der Waals surface area (Å²) >= 11 is 0. The number of hydrogen-bond donors (Lipinski definition) is 1.